The van der Waals surface area contributed by atoms with Gasteiger partial charge < -0.3 is 14.7 Å². The number of carbonyl (C=O) groups is 1. The van der Waals surface area contributed by atoms with Crippen LogP contribution in [0.2, 0.25) is 0 Å². The summed E-state index contributed by atoms with van der Waals surface area (Å²) in [5.41, 5.74) is 0.821. The van der Waals surface area contributed by atoms with E-state index in [2.05, 4.69) is 4.98 Å². The van der Waals surface area contributed by atoms with E-state index in [0.29, 0.717) is 19.6 Å². The third-order valence-corrected chi connectivity index (χ3v) is 3.85. The van der Waals surface area contributed by atoms with Gasteiger partial charge >= 0.3 is 0 Å². The lowest BCUT2D eigenvalue weighted by Gasteiger charge is -2.37. The highest BCUT2D eigenvalue weighted by Gasteiger charge is 2.29. The van der Waals surface area contributed by atoms with Crippen molar-refractivity contribution in [2.75, 3.05) is 19.8 Å². The number of aliphatic hydroxyl groups excluding tert-OH is 1. The molecule has 0 aromatic carbocycles. The van der Waals surface area contributed by atoms with Gasteiger partial charge in [-0.25, -0.2) is 4.98 Å². The zero-order valence-corrected chi connectivity index (χ0v) is 11.4. The monoisotopic (exact) mass is 270 g/mol. The number of hydrogen-bond donors (Lipinski definition) is 1. The highest BCUT2D eigenvalue weighted by molar-refractivity contribution is 7.09. The highest BCUT2D eigenvalue weighted by atomic mass is 32.1. The SMILES string of the molecule is Cc1nc(CC(=O)N2CC(CO)OCC2C)cs1. The van der Waals surface area contributed by atoms with E-state index >= 15 is 0 Å². The third-order valence-electron chi connectivity index (χ3n) is 3.03. The number of rotatable bonds is 3. The van der Waals surface area contributed by atoms with Gasteiger partial charge in [-0.3, -0.25) is 4.79 Å². The van der Waals surface area contributed by atoms with E-state index in [1.54, 1.807) is 16.2 Å². The van der Waals surface area contributed by atoms with Crippen LogP contribution < -0.4 is 0 Å². The molecule has 1 aliphatic rings. The lowest BCUT2D eigenvalue weighted by Crippen LogP contribution is -2.52. The average Bonchev–Trinajstić information content (AvgIpc) is 2.75. The van der Waals surface area contributed by atoms with Crippen LogP contribution in [0.25, 0.3) is 0 Å². The summed E-state index contributed by atoms with van der Waals surface area (Å²) in [5, 5.41) is 12.0. The minimum absolute atomic E-state index is 0.0493. The van der Waals surface area contributed by atoms with Gasteiger partial charge in [-0.05, 0) is 13.8 Å². The Morgan fingerprint density at radius 2 is 2.50 bits per heavy atom. The van der Waals surface area contributed by atoms with Gasteiger partial charge in [0, 0.05) is 11.9 Å². The standard InChI is InChI=1S/C12H18N2O3S/c1-8-6-17-11(5-15)4-14(8)12(16)3-10-7-18-9(2)13-10/h7-8,11,15H,3-6H2,1-2H3. The van der Waals surface area contributed by atoms with Crippen molar-refractivity contribution < 1.29 is 14.6 Å². The zero-order chi connectivity index (χ0) is 13.1. The molecule has 2 rings (SSSR count). The van der Waals surface area contributed by atoms with Crippen molar-refractivity contribution in [3.05, 3.63) is 16.1 Å². The molecule has 1 aromatic heterocycles. The average molecular weight is 270 g/mol. The van der Waals surface area contributed by atoms with E-state index in [1.807, 2.05) is 19.2 Å². The van der Waals surface area contributed by atoms with Gasteiger partial charge in [-0.15, -0.1) is 11.3 Å². The summed E-state index contributed by atoms with van der Waals surface area (Å²) in [5.74, 6) is 0.0505. The molecule has 0 saturated carbocycles. The number of hydrogen-bond acceptors (Lipinski definition) is 5. The van der Waals surface area contributed by atoms with Crippen molar-refractivity contribution in [3.63, 3.8) is 0 Å². The number of carbonyl (C=O) groups excluding carboxylic acids is 1. The van der Waals surface area contributed by atoms with Gasteiger partial charge in [0.1, 0.15) is 0 Å². The third kappa shape index (κ3) is 3.07. The molecule has 1 N–H and O–H groups in total. The van der Waals surface area contributed by atoms with Crippen molar-refractivity contribution in [3.8, 4) is 0 Å². The maximum absolute atomic E-state index is 12.2. The van der Waals surface area contributed by atoms with Crippen molar-refractivity contribution in [2.45, 2.75) is 32.4 Å². The molecule has 100 valence electrons. The Bertz CT molecular complexity index is 421. The molecule has 0 bridgehead atoms. The van der Waals surface area contributed by atoms with Crippen LogP contribution in [0.15, 0.2) is 5.38 Å². The van der Waals surface area contributed by atoms with Crippen LogP contribution in [0.5, 0.6) is 0 Å². The van der Waals surface area contributed by atoms with Crippen LogP contribution in [0.3, 0.4) is 0 Å². The molecule has 5 nitrogen and oxygen atoms in total. The molecular formula is C12H18N2O3S. The number of thiazole rings is 1. The molecule has 0 spiro atoms. The minimum Gasteiger partial charge on any atom is -0.394 e. The van der Waals surface area contributed by atoms with Crippen LogP contribution in [0.1, 0.15) is 17.6 Å². The van der Waals surface area contributed by atoms with Crippen molar-refractivity contribution >= 4 is 17.2 Å². The number of ether oxygens (including phenoxy) is 1. The fourth-order valence-electron chi connectivity index (χ4n) is 2.02. The largest absolute Gasteiger partial charge is 0.394 e. The number of amides is 1. The van der Waals surface area contributed by atoms with E-state index in [-0.39, 0.29) is 24.7 Å². The Labute approximate surface area is 110 Å². The smallest absolute Gasteiger partial charge is 0.229 e. The first kappa shape index (κ1) is 13.5. The molecular weight excluding hydrogens is 252 g/mol. The van der Waals surface area contributed by atoms with E-state index in [9.17, 15) is 4.79 Å². The van der Waals surface area contributed by atoms with Gasteiger partial charge in [0.05, 0.1) is 42.5 Å². The van der Waals surface area contributed by atoms with E-state index in [0.717, 1.165) is 10.7 Å². The second-order valence-electron chi connectivity index (χ2n) is 4.57. The molecule has 18 heavy (non-hydrogen) atoms. The van der Waals surface area contributed by atoms with Crippen LogP contribution in [-0.2, 0) is 16.0 Å². The summed E-state index contributed by atoms with van der Waals surface area (Å²) in [6.45, 7) is 4.77. The lowest BCUT2D eigenvalue weighted by molar-refractivity contribution is -0.145. The fourth-order valence-corrected chi connectivity index (χ4v) is 2.63. The van der Waals surface area contributed by atoms with Crippen LogP contribution in [-0.4, -0.2) is 52.8 Å². The van der Waals surface area contributed by atoms with E-state index in [4.69, 9.17) is 9.84 Å². The Hall–Kier alpha value is -0.980. The van der Waals surface area contributed by atoms with Crippen molar-refractivity contribution in [2.24, 2.45) is 0 Å². The second-order valence-corrected chi connectivity index (χ2v) is 5.63. The summed E-state index contributed by atoms with van der Waals surface area (Å²) in [7, 11) is 0. The molecule has 1 aromatic rings. The van der Waals surface area contributed by atoms with Gasteiger partial charge in [0.25, 0.3) is 0 Å². The number of aliphatic hydroxyl groups is 1. The minimum atomic E-state index is -0.262. The first-order valence-electron chi connectivity index (χ1n) is 6.03. The van der Waals surface area contributed by atoms with Crippen LogP contribution in [0, 0.1) is 6.92 Å². The summed E-state index contributed by atoms with van der Waals surface area (Å²) in [6, 6.07) is 0.0556. The Balaban J connectivity index is 1.98. The predicted molar refractivity (Wildman–Crippen MR) is 68.6 cm³/mol. The fraction of sp³-hybridized carbons (Fsp3) is 0.667. The normalized spacial score (nSPS) is 24.3. The van der Waals surface area contributed by atoms with Gasteiger partial charge in [0.2, 0.25) is 5.91 Å². The summed E-state index contributed by atoms with van der Waals surface area (Å²) in [6.07, 6.45) is 0.0645. The highest BCUT2D eigenvalue weighted by Crippen LogP contribution is 2.15. The first-order valence-corrected chi connectivity index (χ1v) is 6.91. The molecule has 2 atom stereocenters. The molecule has 1 saturated heterocycles. The zero-order valence-electron chi connectivity index (χ0n) is 10.6. The van der Waals surface area contributed by atoms with Gasteiger partial charge in [-0.2, -0.15) is 0 Å². The number of aromatic nitrogens is 1. The predicted octanol–water partition coefficient (Wildman–Crippen LogP) is 0.602. The molecule has 2 unspecified atom stereocenters. The molecule has 1 fully saturated rings. The lowest BCUT2D eigenvalue weighted by atomic mass is 10.1. The summed E-state index contributed by atoms with van der Waals surface area (Å²) in [4.78, 5) is 18.3. The second kappa shape index (κ2) is 5.77. The van der Waals surface area contributed by atoms with E-state index < -0.39 is 0 Å². The van der Waals surface area contributed by atoms with E-state index in [1.165, 1.54) is 0 Å². The quantitative estimate of drug-likeness (QED) is 0.874. The molecule has 0 aliphatic carbocycles. The summed E-state index contributed by atoms with van der Waals surface area (Å²) < 4.78 is 5.42. The molecule has 0 radical (unpaired) electrons. The topological polar surface area (TPSA) is 62.7 Å². The van der Waals surface area contributed by atoms with Gasteiger partial charge in [0.15, 0.2) is 0 Å². The molecule has 1 amide bonds. The number of nitrogens with zero attached hydrogens (tertiary/aromatic N) is 2. The summed E-state index contributed by atoms with van der Waals surface area (Å²) >= 11 is 1.55. The van der Waals surface area contributed by atoms with Crippen molar-refractivity contribution in [1.82, 2.24) is 9.88 Å². The molecule has 1 aliphatic heterocycles. The van der Waals surface area contributed by atoms with Crippen LogP contribution >= 0.6 is 11.3 Å². The maximum atomic E-state index is 12.2. The molecule has 2 heterocycles. The first-order chi connectivity index (χ1) is 8.60. The Morgan fingerprint density at radius 1 is 1.72 bits per heavy atom. The molecule has 6 heteroatoms. The van der Waals surface area contributed by atoms with Gasteiger partial charge in [-0.1, -0.05) is 0 Å². The maximum Gasteiger partial charge on any atom is 0.229 e. The Kier molecular flexibility index (Phi) is 4.31. The van der Waals surface area contributed by atoms with Crippen molar-refractivity contribution in [1.29, 1.82) is 0 Å². The van der Waals surface area contributed by atoms with Crippen LogP contribution in [0.4, 0.5) is 0 Å². The number of morpholine rings is 1. The Morgan fingerprint density at radius 3 is 3.11 bits per heavy atom. The number of aryl methyl sites for hydroxylation is 1.